The third kappa shape index (κ3) is 2.94. The van der Waals surface area contributed by atoms with Crippen LogP contribution in [0.15, 0.2) is 47.4 Å². The second kappa shape index (κ2) is 5.87. The van der Waals surface area contributed by atoms with Crippen LogP contribution in [0.3, 0.4) is 0 Å². The molecule has 1 aromatic heterocycles. The molecule has 3 rings (SSSR count). The minimum absolute atomic E-state index is 0.0751. The van der Waals surface area contributed by atoms with Crippen LogP contribution in [0.2, 0.25) is 0 Å². The molecule has 1 N–H and O–H groups in total. The number of fused-ring (bicyclic) bond motifs is 1. The fourth-order valence-corrected chi connectivity index (χ4v) is 3.59. The summed E-state index contributed by atoms with van der Waals surface area (Å²) < 4.78 is 1.17. The number of benzene rings is 2. The van der Waals surface area contributed by atoms with Crippen molar-refractivity contribution in [1.82, 2.24) is 4.98 Å². The lowest BCUT2D eigenvalue weighted by atomic mass is 10.1. The van der Waals surface area contributed by atoms with Gasteiger partial charge in [-0.15, -0.1) is 11.8 Å². The molecule has 0 aliphatic rings. The Morgan fingerprint density at radius 1 is 1.19 bits per heavy atom. The number of thioether (sulfide) groups is 1. The number of carbonyl (C=O) groups is 1. The minimum atomic E-state index is 0.0751. The molecule has 0 spiro atoms. The first-order valence-corrected chi connectivity index (χ1v) is 8.53. The molecule has 2 aromatic carbocycles. The van der Waals surface area contributed by atoms with Crippen LogP contribution >= 0.6 is 23.1 Å². The van der Waals surface area contributed by atoms with Gasteiger partial charge in [0, 0.05) is 16.1 Å². The third-order valence-electron chi connectivity index (χ3n) is 3.14. The van der Waals surface area contributed by atoms with Crippen molar-refractivity contribution in [3.8, 4) is 0 Å². The summed E-state index contributed by atoms with van der Waals surface area (Å²) in [5, 5.41) is 4.16. The maximum Gasteiger partial charge on any atom is 0.188 e. The van der Waals surface area contributed by atoms with E-state index in [1.54, 1.807) is 30.0 Å². The fourth-order valence-electron chi connectivity index (χ4n) is 2.05. The van der Waals surface area contributed by atoms with E-state index in [0.717, 1.165) is 21.9 Å². The van der Waals surface area contributed by atoms with Gasteiger partial charge in [0.15, 0.2) is 10.9 Å². The second-order valence-corrected chi connectivity index (χ2v) is 6.46. The number of anilines is 2. The van der Waals surface area contributed by atoms with E-state index in [0.29, 0.717) is 0 Å². The number of para-hydroxylation sites is 1. The molecule has 3 nitrogen and oxygen atoms in total. The van der Waals surface area contributed by atoms with Gasteiger partial charge in [0.25, 0.3) is 0 Å². The van der Waals surface area contributed by atoms with Gasteiger partial charge in [-0.25, -0.2) is 4.98 Å². The number of nitrogens with one attached hydrogen (secondary N) is 1. The smallest absolute Gasteiger partial charge is 0.188 e. The Balaban J connectivity index is 1.89. The van der Waals surface area contributed by atoms with Gasteiger partial charge >= 0.3 is 0 Å². The average molecular weight is 314 g/mol. The monoisotopic (exact) mass is 314 g/mol. The predicted molar refractivity (Wildman–Crippen MR) is 91.1 cm³/mol. The quantitative estimate of drug-likeness (QED) is 0.545. The molecule has 5 heteroatoms. The molecule has 1 heterocycles. The van der Waals surface area contributed by atoms with Crippen LogP contribution in [0.1, 0.15) is 17.3 Å². The molecule has 0 fully saturated rings. The number of nitrogens with zero attached hydrogens (tertiary/aromatic N) is 1. The van der Waals surface area contributed by atoms with Gasteiger partial charge in [0.2, 0.25) is 0 Å². The Hall–Kier alpha value is -1.85. The molecule has 0 atom stereocenters. The molecule has 3 aromatic rings. The standard InChI is InChI=1S/C16H14N2OS2/c1-10(19)11-6-8-12(9-7-11)17-16-18-15-13(20-2)4-3-5-14(15)21-16/h3-9H,1-2H3,(H,17,18). The van der Waals surface area contributed by atoms with E-state index in [1.165, 1.54) is 9.60 Å². The van der Waals surface area contributed by atoms with Crippen molar-refractivity contribution in [1.29, 1.82) is 0 Å². The zero-order valence-corrected chi connectivity index (χ0v) is 13.3. The summed E-state index contributed by atoms with van der Waals surface area (Å²) in [6.07, 6.45) is 2.06. The number of hydrogen-bond donors (Lipinski definition) is 1. The highest BCUT2D eigenvalue weighted by Gasteiger charge is 2.08. The van der Waals surface area contributed by atoms with E-state index in [2.05, 4.69) is 34.8 Å². The van der Waals surface area contributed by atoms with Crippen LogP contribution in [-0.2, 0) is 0 Å². The lowest BCUT2D eigenvalue weighted by molar-refractivity contribution is 0.101. The molecule has 0 aliphatic carbocycles. The van der Waals surface area contributed by atoms with Crippen molar-refractivity contribution in [3.05, 3.63) is 48.0 Å². The summed E-state index contributed by atoms with van der Waals surface area (Å²) in [6, 6.07) is 13.7. The first kappa shape index (κ1) is 14.1. The number of ketones is 1. The largest absolute Gasteiger partial charge is 0.332 e. The van der Waals surface area contributed by atoms with E-state index in [9.17, 15) is 4.79 Å². The summed E-state index contributed by atoms with van der Waals surface area (Å²) in [5.74, 6) is 0.0751. The van der Waals surface area contributed by atoms with Crippen molar-refractivity contribution in [3.63, 3.8) is 0 Å². The average Bonchev–Trinajstić information content (AvgIpc) is 2.90. The molecule has 106 valence electrons. The highest BCUT2D eigenvalue weighted by atomic mass is 32.2. The highest BCUT2D eigenvalue weighted by Crippen LogP contribution is 2.33. The van der Waals surface area contributed by atoms with Gasteiger partial charge in [-0.05, 0) is 49.6 Å². The van der Waals surface area contributed by atoms with Crippen LogP contribution in [0.25, 0.3) is 10.2 Å². The number of aromatic nitrogens is 1. The summed E-state index contributed by atoms with van der Waals surface area (Å²) in [4.78, 5) is 17.1. The summed E-state index contributed by atoms with van der Waals surface area (Å²) in [5.41, 5.74) is 2.69. The number of Topliss-reactive ketones (excluding diaryl/α,β-unsaturated/α-hetero) is 1. The Morgan fingerprint density at radius 3 is 2.62 bits per heavy atom. The lowest BCUT2D eigenvalue weighted by Gasteiger charge is -2.02. The number of thiazole rings is 1. The molecule has 0 unspecified atom stereocenters. The van der Waals surface area contributed by atoms with Crippen LogP contribution in [0.5, 0.6) is 0 Å². The molecule has 21 heavy (non-hydrogen) atoms. The van der Waals surface area contributed by atoms with Crippen molar-refractivity contribution in [2.24, 2.45) is 0 Å². The van der Waals surface area contributed by atoms with E-state index in [1.807, 2.05) is 24.3 Å². The van der Waals surface area contributed by atoms with E-state index in [-0.39, 0.29) is 5.78 Å². The van der Waals surface area contributed by atoms with Gasteiger partial charge in [-0.3, -0.25) is 4.79 Å². The fraction of sp³-hybridized carbons (Fsp3) is 0.125. The zero-order valence-electron chi connectivity index (χ0n) is 11.7. The Kier molecular flexibility index (Phi) is 3.94. The van der Waals surface area contributed by atoms with Gasteiger partial charge in [0.05, 0.1) is 10.2 Å². The van der Waals surface area contributed by atoms with Crippen molar-refractivity contribution in [2.75, 3.05) is 11.6 Å². The molecule has 0 aliphatic heterocycles. The Labute approximate surface area is 131 Å². The summed E-state index contributed by atoms with van der Waals surface area (Å²) >= 11 is 3.33. The maximum atomic E-state index is 11.3. The van der Waals surface area contributed by atoms with E-state index in [4.69, 9.17) is 0 Å². The van der Waals surface area contributed by atoms with E-state index < -0.39 is 0 Å². The molecular weight excluding hydrogens is 300 g/mol. The van der Waals surface area contributed by atoms with Crippen LogP contribution in [0, 0.1) is 0 Å². The first-order chi connectivity index (χ1) is 10.2. The van der Waals surface area contributed by atoms with Crippen molar-refractivity contribution < 1.29 is 4.79 Å². The van der Waals surface area contributed by atoms with Crippen molar-refractivity contribution in [2.45, 2.75) is 11.8 Å². The van der Waals surface area contributed by atoms with Crippen LogP contribution in [0.4, 0.5) is 10.8 Å². The molecule has 0 bridgehead atoms. The van der Waals surface area contributed by atoms with Gasteiger partial charge in [-0.2, -0.15) is 0 Å². The lowest BCUT2D eigenvalue weighted by Crippen LogP contribution is -1.93. The predicted octanol–water partition coefficient (Wildman–Crippen LogP) is 4.96. The van der Waals surface area contributed by atoms with E-state index >= 15 is 0 Å². The Morgan fingerprint density at radius 2 is 1.95 bits per heavy atom. The van der Waals surface area contributed by atoms with Gasteiger partial charge < -0.3 is 5.32 Å². The highest BCUT2D eigenvalue weighted by molar-refractivity contribution is 7.98. The number of carbonyl (C=O) groups excluding carboxylic acids is 1. The topological polar surface area (TPSA) is 42.0 Å². The van der Waals surface area contributed by atoms with Crippen LogP contribution in [-0.4, -0.2) is 17.0 Å². The maximum absolute atomic E-state index is 11.3. The van der Waals surface area contributed by atoms with Crippen LogP contribution < -0.4 is 5.32 Å². The minimum Gasteiger partial charge on any atom is -0.332 e. The molecule has 0 amide bonds. The van der Waals surface area contributed by atoms with Gasteiger partial charge in [0.1, 0.15) is 0 Å². The third-order valence-corrected chi connectivity index (χ3v) is 4.85. The molecule has 0 saturated heterocycles. The number of hydrogen-bond acceptors (Lipinski definition) is 5. The summed E-state index contributed by atoms with van der Waals surface area (Å²) in [6.45, 7) is 1.57. The number of rotatable bonds is 4. The first-order valence-electron chi connectivity index (χ1n) is 6.49. The summed E-state index contributed by atoms with van der Waals surface area (Å²) in [7, 11) is 0. The van der Waals surface area contributed by atoms with Crippen molar-refractivity contribution >= 4 is 49.9 Å². The SMILES string of the molecule is CSc1cccc2sc(Nc3ccc(C(C)=O)cc3)nc12. The normalized spacial score (nSPS) is 10.8. The molecular formula is C16H14N2OS2. The van der Waals surface area contributed by atoms with Gasteiger partial charge in [-0.1, -0.05) is 17.4 Å². The second-order valence-electron chi connectivity index (χ2n) is 4.58. The molecule has 0 radical (unpaired) electrons. The zero-order chi connectivity index (χ0) is 14.8. The Bertz CT molecular complexity index is 794. The molecule has 0 saturated carbocycles.